The van der Waals surface area contributed by atoms with Crippen molar-refractivity contribution in [3.8, 4) is 0 Å². The third-order valence-electron chi connectivity index (χ3n) is 3.90. The van der Waals surface area contributed by atoms with Crippen LogP contribution in [0.1, 0.15) is 39.2 Å². The number of rotatable bonds is 5. The lowest BCUT2D eigenvalue weighted by Gasteiger charge is -2.39. The number of aliphatic hydroxyl groups excluding tert-OH is 2. The van der Waals surface area contributed by atoms with Gasteiger partial charge in [0, 0.05) is 6.54 Å². The lowest BCUT2D eigenvalue weighted by Crippen LogP contribution is -2.52. The van der Waals surface area contributed by atoms with Gasteiger partial charge in [-0.25, -0.2) is 4.21 Å². The second-order valence-electron chi connectivity index (χ2n) is 6.99. The van der Waals surface area contributed by atoms with E-state index in [9.17, 15) is 14.4 Å². The second-order valence-corrected chi connectivity index (χ2v) is 10.8. The molecule has 2 unspecified atom stereocenters. The third-order valence-corrected chi connectivity index (χ3v) is 6.95. The molecule has 136 valence electrons. The fraction of sp³-hybridized carbons (Fsp3) is 0.647. The van der Waals surface area contributed by atoms with Crippen molar-refractivity contribution >= 4 is 33.6 Å². The van der Waals surface area contributed by atoms with E-state index in [1.807, 2.05) is 51.1 Å². The van der Waals surface area contributed by atoms with Crippen LogP contribution < -0.4 is 0 Å². The van der Waals surface area contributed by atoms with Gasteiger partial charge < -0.3 is 14.9 Å². The average Bonchev–Trinajstić information content (AvgIpc) is 2.54. The molecule has 0 radical (unpaired) electrons. The minimum Gasteiger partial charge on any atom is -0.375 e. The summed E-state index contributed by atoms with van der Waals surface area (Å²) in [7, 11) is -1.41. The maximum Gasteiger partial charge on any atom is 0.166 e. The number of nitrogens with zero attached hydrogens (tertiary/aromatic N) is 1. The molecule has 0 aliphatic carbocycles. The van der Waals surface area contributed by atoms with E-state index in [4.69, 9.17) is 4.74 Å². The van der Waals surface area contributed by atoms with E-state index < -0.39 is 34.4 Å². The van der Waals surface area contributed by atoms with Crippen molar-refractivity contribution in [3.05, 3.63) is 35.9 Å². The zero-order valence-electron chi connectivity index (χ0n) is 14.3. The van der Waals surface area contributed by atoms with Crippen LogP contribution in [0.2, 0.25) is 0 Å². The highest BCUT2D eigenvalue weighted by Crippen LogP contribution is 2.29. The molecule has 1 saturated heterocycles. The minimum absolute atomic E-state index is 0.0155. The number of benzene rings is 1. The monoisotopic (exact) mass is 467 g/mol. The van der Waals surface area contributed by atoms with Crippen LogP contribution in [0.4, 0.5) is 0 Å². The van der Waals surface area contributed by atoms with Gasteiger partial charge in [0.25, 0.3) is 0 Å². The molecule has 2 rings (SSSR count). The number of hydrogen-bond donors (Lipinski definition) is 2. The lowest BCUT2D eigenvalue weighted by molar-refractivity contribution is -0.199. The first-order valence-electron chi connectivity index (χ1n) is 8.08. The number of aliphatic hydroxyl groups is 2. The molecule has 0 aromatic heterocycles. The Morgan fingerprint density at radius 2 is 1.96 bits per heavy atom. The lowest BCUT2D eigenvalue weighted by atomic mass is 10.1. The number of hydrogen-bond acceptors (Lipinski definition) is 4. The Labute approximate surface area is 160 Å². The molecule has 1 aromatic rings. The van der Waals surface area contributed by atoms with E-state index in [1.165, 1.54) is 0 Å². The Bertz CT molecular complexity index is 551. The zero-order chi connectivity index (χ0) is 17.9. The van der Waals surface area contributed by atoms with Crippen molar-refractivity contribution in [3.63, 3.8) is 0 Å². The molecule has 24 heavy (non-hydrogen) atoms. The van der Waals surface area contributed by atoms with Gasteiger partial charge in [0.1, 0.15) is 23.3 Å². The van der Waals surface area contributed by atoms with E-state index in [-0.39, 0.29) is 3.92 Å². The Morgan fingerprint density at radius 1 is 1.33 bits per heavy atom. The smallest absolute Gasteiger partial charge is 0.166 e. The normalized spacial score (nSPS) is 27.9. The fourth-order valence-electron chi connectivity index (χ4n) is 2.57. The predicted octanol–water partition coefficient (Wildman–Crippen LogP) is 2.57. The summed E-state index contributed by atoms with van der Waals surface area (Å²) in [4.78, 5) is 0. The summed E-state index contributed by atoms with van der Waals surface area (Å²) in [6, 6.07) is 9.64. The van der Waals surface area contributed by atoms with Crippen LogP contribution in [0.3, 0.4) is 0 Å². The minimum atomic E-state index is -1.41. The molecule has 7 heteroatoms. The van der Waals surface area contributed by atoms with E-state index in [2.05, 4.69) is 22.6 Å². The van der Waals surface area contributed by atoms with Crippen LogP contribution in [0.5, 0.6) is 0 Å². The first-order chi connectivity index (χ1) is 11.2. The van der Waals surface area contributed by atoms with Crippen LogP contribution in [0.15, 0.2) is 30.3 Å². The van der Waals surface area contributed by atoms with Gasteiger partial charge in [-0.15, -0.1) is 0 Å². The van der Waals surface area contributed by atoms with Gasteiger partial charge >= 0.3 is 0 Å². The molecule has 2 N–H and O–H groups in total. The van der Waals surface area contributed by atoms with Crippen LogP contribution in [0, 0.1) is 0 Å². The summed E-state index contributed by atoms with van der Waals surface area (Å²) in [5, 5.41) is 20.8. The summed E-state index contributed by atoms with van der Waals surface area (Å²) in [5.74, 6) is 0. The maximum absolute atomic E-state index is 13.0. The Kier molecular flexibility index (Phi) is 7.21. The molecule has 1 aliphatic heterocycles. The molecule has 0 bridgehead atoms. The summed E-state index contributed by atoms with van der Waals surface area (Å²) >= 11 is 2.15. The van der Waals surface area contributed by atoms with Crippen LogP contribution >= 0.6 is 22.6 Å². The first-order valence-corrected chi connectivity index (χ1v) is 10.4. The van der Waals surface area contributed by atoms with Gasteiger partial charge in [0.15, 0.2) is 6.29 Å². The summed E-state index contributed by atoms with van der Waals surface area (Å²) in [6.45, 7) is 6.00. The molecule has 0 spiro atoms. The van der Waals surface area contributed by atoms with Crippen molar-refractivity contribution in [2.24, 2.45) is 0 Å². The van der Waals surface area contributed by atoms with Crippen molar-refractivity contribution < 1.29 is 19.2 Å². The maximum atomic E-state index is 13.0. The van der Waals surface area contributed by atoms with Crippen LogP contribution in [0.25, 0.3) is 0 Å². The van der Waals surface area contributed by atoms with Crippen molar-refractivity contribution in [1.29, 1.82) is 0 Å². The molecule has 1 heterocycles. The molecule has 0 saturated carbocycles. The van der Waals surface area contributed by atoms with Crippen molar-refractivity contribution in [2.75, 3.05) is 0 Å². The predicted molar refractivity (Wildman–Crippen MR) is 104 cm³/mol. The number of ether oxygens (including phenoxy) is 1. The molecule has 1 aliphatic rings. The number of alkyl halides is 1. The molecule has 5 nitrogen and oxygen atoms in total. The Morgan fingerprint density at radius 3 is 2.50 bits per heavy atom. The van der Waals surface area contributed by atoms with E-state index in [0.717, 1.165) is 12.0 Å². The van der Waals surface area contributed by atoms with Gasteiger partial charge in [-0.2, -0.15) is 4.31 Å². The molecule has 5 atom stereocenters. The molecule has 0 amide bonds. The van der Waals surface area contributed by atoms with E-state index in [1.54, 1.807) is 4.31 Å². The molecular formula is C17H26INO4S. The molecule has 1 aromatic carbocycles. The SMILES string of the molecule is CC(C)(C)[S@@](=O)N(Cc1ccccc1)[C@H](O)[C@@H]1CCC(I)C(O)O1. The summed E-state index contributed by atoms with van der Waals surface area (Å²) in [6.07, 6.45) is -1.12. The van der Waals surface area contributed by atoms with Gasteiger partial charge in [-0.1, -0.05) is 52.9 Å². The fourth-order valence-corrected chi connectivity index (χ4v) is 4.40. The molecular weight excluding hydrogens is 441 g/mol. The largest absolute Gasteiger partial charge is 0.375 e. The Hall–Kier alpha value is -0.0600. The van der Waals surface area contributed by atoms with E-state index >= 15 is 0 Å². The van der Waals surface area contributed by atoms with E-state index in [0.29, 0.717) is 13.0 Å². The van der Waals surface area contributed by atoms with Gasteiger partial charge in [-0.05, 0) is 39.2 Å². The quantitative estimate of drug-likeness (QED) is 0.397. The topological polar surface area (TPSA) is 70.0 Å². The van der Waals surface area contributed by atoms with Crippen LogP contribution in [-0.4, -0.2) is 46.0 Å². The first kappa shape index (κ1) is 20.3. The van der Waals surface area contributed by atoms with Gasteiger partial charge in [0.2, 0.25) is 0 Å². The van der Waals surface area contributed by atoms with Crippen molar-refractivity contribution in [2.45, 2.75) is 67.5 Å². The van der Waals surface area contributed by atoms with Gasteiger partial charge in [-0.3, -0.25) is 0 Å². The number of halogens is 1. The van der Waals surface area contributed by atoms with Crippen molar-refractivity contribution in [1.82, 2.24) is 4.31 Å². The zero-order valence-corrected chi connectivity index (χ0v) is 17.2. The standard InChI is InChI=1S/C17H26INO4S/c1-17(2,3)24(22)19(11-12-7-5-4-6-8-12)15(20)14-10-9-13(18)16(21)23-14/h4-8,13-16,20-21H,9-11H2,1-3H3/t13?,14-,15+,16?,24+/m0/s1. The summed E-state index contributed by atoms with van der Waals surface area (Å²) < 4.78 is 19.6. The highest BCUT2D eigenvalue weighted by Gasteiger charge is 2.39. The van der Waals surface area contributed by atoms with Crippen LogP contribution in [-0.2, 0) is 22.3 Å². The molecule has 1 fully saturated rings. The highest BCUT2D eigenvalue weighted by molar-refractivity contribution is 14.1. The van der Waals surface area contributed by atoms with Gasteiger partial charge in [0.05, 0.1) is 8.67 Å². The third kappa shape index (κ3) is 5.22. The average molecular weight is 467 g/mol. The summed E-state index contributed by atoms with van der Waals surface area (Å²) in [5.41, 5.74) is 0.970. The highest BCUT2D eigenvalue weighted by atomic mass is 127. The second kappa shape index (κ2) is 8.55. The Balaban J connectivity index is 2.19.